The van der Waals surface area contributed by atoms with Gasteiger partial charge in [-0.15, -0.1) is 0 Å². The average molecular weight is 609 g/mol. The highest BCUT2D eigenvalue weighted by atomic mass is 16.5. The molecule has 3 aromatic rings. The molecule has 0 unspecified atom stereocenters. The number of carbonyl (C=O) groups is 2. The monoisotopic (exact) mass is 608 g/mol. The normalized spacial score (nSPS) is 18.3. The van der Waals surface area contributed by atoms with Crippen LogP contribution in [-0.4, -0.2) is 91.2 Å². The van der Waals surface area contributed by atoms with E-state index in [0.29, 0.717) is 42.8 Å². The maximum atomic E-state index is 13.1. The van der Waals surface area contributed by atoms with Gasteiger partial charge < -0.3 is 24.6 Å². The Morgan fingerprint density at radius 3 is 2.24 bits per heavy atom. The van der Waals surface area contributed by atoms with Crippen molar-refractivity contribution in [3.63, 3.8) is 0 Å². The van der Waals surface area contributed by atoms with E-state index >= 15 is 0 Å². The standard InChI is InChI=1S/C35H40N6O4/c36-23-26-3-8-31(9-4-26)45-32-13-17-41(18-14-32)35(43)33-10-5-28(24-37-33)34(42)38-29-11-15-39(16-12-29)25-27-1-6-30(7-2-27)40-19-21-44-22-20-40/h1-10,24,29,32H,11-22,25H2,(H,38,42). The van der Waals surface area contributed by atoms with Gasteiger partial charge in [-0.3, -0.25) is 19.5 Å². The molecular formula is C35H40N6O4. The number of rotatable bonds is 8. The van der Waals surface area contributed by atoms with Crippen LogP contribution < -0.4 is 15.0 Å². The topological polar surface area (TPSA) is 111 Å². The summed E-state index contributed by atoms with van der Waals surface area (Å²) < 4.78 is 11.5. The molecule has 0 spiro atoms. The fraction of sp³-hybridized carbons (Fsp3) is 0.429. The van der Waals surface area contributed by atoms with Gasteiger partial charge in [0.15, 0.2) is 0 Å². The predicted molar refractivity (Wildman–Crippen MR) is 170 cm³/mol. The molecule has 2 amide bonds. The second kappa shape index (κ2) is 14.5. The van der Waals surface area contributed by atoms with Crippen molar-refractivity contribution in [3.05, 3.63) is 89.2 Å². The summed E-state index contributed by atoms with van der Waals surface area (Å²) in [7, 11) is 0. The number of piperidine rings is 2. The minimum Gasteiger partial charge on any atom is -0.490 e. The largest absolute Gasteiger partial charge is 0.490 e. The summed E-state index contributed by atoms with van der Waals surface area (Å²) in [5.74, 6) is 0.437. The summed E-state index contributed by atoms with van der Waals surface area (Å²) >= 11 is 0. The summed E-state index contributed by atoms with van der Waals surface area (Å²) in [6, 6.07) is 21.5. The van der Waals surface area contributed by atoms with E-state index in [1.54, 1.807) is 41.3 Å². The Kier molecular flexibility index (Phi) is 9.88. The molecule has 2 aromatic carbocycles. The smallest absolute Gasteiger partial charge is 0.272 e. The van der Waals surface area contributed by atoms with E-state index in [4.69, 9.17) is 14.7 Å². The molecule has 10 heteroatoms. The molecule has 45 heavy (non-hydrogen) atoms. The van der Waals surface area contributed by atoms with Gasteiger partial charge in [0.05, 0.1) is 30.4 Å². The van der Waals surface area contributed by atoms with Gasteiger partial charge in [-0.1, -0.05) is 12.1 Å². The zero-order valence-electron chi connectivity index (χ0n) is 25.6. The van der Waals surface area contributed by atoms with Crippen molar-refractivity contribution < 1.29 is 19.1 Å². The number of nitriles is 1. The minimum absolute atomic E-state index is 0.0139. The first-order chi connectivity index (χ1) is 22.0. The average Bonchev–Trinajstić information content (AvgIpc) is 3.10. The lowest BCUT2D eigenvalue weighted by molar-refractivity contribution is 0.0589. The molecule has 3 saturated heterocycles. The molecule has 0 saturated carbocycles. The highest BCUT2D eigenvalue weighted by Gasteiger charge is 2.26. The third-order valence-corrected chi connectivity index (χ3v) is 8.90. The first-order valence-corrected chi connectivity index (χ1v) is 15.9. The Morgan fingerprint density at radius 1 is 0.889 bits per heavy atom. The molecule has 10 nitrogen and oxygen atoms in total. The highest BCUT2D eigenvalue weighted by molar-refractivity contribution is 5.96. The van der Waals surface area contributed by atoms with E-state index in [9.17, 15) is 9.59 Å². The van der Waals surface area contributed by atoms with Crippen molar-refractivity contribution in [2.45, 2.75) is 44.4 Å². The van der Waals surface area contributed by atoms with Gasteiger partial charge >= 0.3 is 0 Å². The molecule has 234 valence electrons. The molecular weight excluding hydrogens is 568 g/mol. The molecule has 3 aliphatic rings. The van der Waals surface area contributed by atoms with E-state index in [1.807, 2.05) is 0 Å². The fourth-order valence-corrected chi connectivity index (χ4v) is 6.19. The Labute approximate surface area is 264 Å². The number of benzene rings is 2. The molecule has 4 heterocycles. The van der Waals surface area contributed by atoms with Gasteiger partial charge in [-0.2, -0.15) is 5.26 Å². The summed E-state index contributed by atoms with van der Waals surface area (Å²) in [6.45, 7) is 7.36. The van der Waals surface area contributed by atoms with Crippen molar-refractivity contribution in [2.75, 3.05) is 57.4 Å². The van der Waals surface area contributed by atoms with Gasteiger partial charge in [0.1, 0.15) is 17.5 Å². The number of likely N-dealkylation sites (tertiary alicyclic amines) is 2. The van der Waals surface area contributed by atoms with Gasteiger partial charge in [0, 0.05) is 76.6 Å². The Morgan fingerprint density at radius 2 is 1.60 bits per heavy atom. The van der Waals surface area contributed by atoms with Crippen LogP contribution in [0, 0.1) is 11.3 Å². The third-order valence-electron chi connectivity index (χ3n) is 8.90. The number of aromatic nitrogens is 1. The first-order valence-electron chi connectivity index (χ1n) is 15.9. The third kappa shape index (κ3) is 7.98. The van der Waals surface area contributed by atoms with Crippen LogP contribution in [0.25, 0.3) is 0 Å². The second-order valence-electron chi connectivity index (χ2n) is 12.0. The van der Waals surface area contributed by atoms with E-state index in [0.717, 1.165) is 64.5 Å². The van der Waals surface area contributed by atoms with Crippen LogP contribution in [0.5, 0.6) is 5.75 Å². The molecule has 0 atom stereocenters. The lowest BCUT2D eigenvalue weighted by Gasteiger charge is -2.33. The van der Waals surface area contributed by atoms with Crippen LogP contribution in [0.15, 0.2) is 66.9 Å². The van der Waals surface area contributed by atoms with E-state index < -0.39 is 0 Å². The molecule has 6 rings (SSSR count). The number of nitrogens with one attached hydrogen (secondary N) is 1. The molecule has 0 aliphatic carbocycles. The van der Waals surface area contributed by atoms with E-state index in [2.05, 4.69) is 50.4 Å². The van der Waals surface area contributed by atoms with Gasteiger partial charge in [0.25, 0.3) is 11.8 Å². The number of morpholine rings is 1. The number of carbonyl (C=O) groups excluding carboxylic acids is 2. The Bertz CT molecular complexity index is 1470. The van der Waals surface area contributed by atoms with Crippen LogP contribution in [0.4, 0.5) is 5.69 Å². The van der Waals surface area contributed by atoms with E-state index in [1.165, 1.54) is 17.4 Å². The van der Waals surface area contributed by atoms with Crippen LogP contribution in [0.3, 0.4) is 0 Å². The quantitative estimate of drug-likeness (QED) is 0.411. The Hall–Kier alpha value is -4.46. The molecule has 0 radical (unpaired) electrons. The van der Waals surface area contributed by atoms with Crippen molar-refractivity contribution in [2.24, 2.45) is 0 Å². The molecule has 0 bridgehead atoms. The SMILES string of the molecule is N#Cc1ccc(OC2CCN(C(=O)c3ccc(C(=O)NC4CCN(Cc5ccc(N6CCOCC6)cc5)CC4)cn3)CC2)cc1. The van der Waals surface area contributed by atoms with Crippen LogP contribution in [0.2, 0.25) is 0 Å². The number of hydrogen-bond donors (Lipinski definition) is 1. The fourth-order valence-electron chi connectivity index (χ4n) is 6.19. The maximum Gasteiger partial charge on any atom is 0.272 e. The van der Waals surface area contributed by atoms with Crippen molar-refractivity contribution in [3.8, 4) is 11.8 Å². The zero-order chi connectivity index (χ0) is 31.0. The number of nitrogens with zero attached hydrogens (tertiary/aromatic N) is 5. The summed E-state index contributed by atoms with van der Waals surface area (Å²) in [6.07, 6.45) is 4.73. The van der Waals surface area contributed by atoms with Crippen molar-refractivity contribution in [1.82, 2.24) is 20.1 Å². The maximum absolute atomic E-state index is 13.1. The Balaban J connectivity index is 0.916. The number of hydrogen-bond acceptors (Lipinski definition) is 8. The summed E-state index contributed by atoms with van der Waals surface area (Å²) in [5, 5.41) is 12.1. The highest BCUT2D eigenvalue weighted by Crippen LogP contribution is 2.22. The second-order valence-corrected chi connectivity index (χ2v) is 12.0. The minimum atomic E-state index is -0.153. The number of pyridine rings is 1. The zero-order valence-corrected chi connectivity index (χ0v) is 25.6. The lowest BCUT2D eigenvalue weighted by atomic mass is 10.0. The molecule has 1 aromatic heterocycles. The van der Waals surface area contributed by atoms with Crippen molar-refractivity contribution >= 4 is 17.5 Å². The van der Waals surface area contributed by atoms with Gasteiger partial charge in [-0.05, 0) is 66.9 Å². The van der Waals surface area contributed by atoms with Gasteiger partial charge in [0.2, 0.25) is 0 Å². The summed E-state index contributed by atoms with van der Waals surface area (Å²) in [4.78, 5) is 36.9. The van der Waals surface area contributed by atoms with Crippen LogP contribution >= 0.6 is 0 Å². The molecule has 1 N–H and O–H groups in total. The van der Waals surface area contributed by atoms with Crippen LogP contribution in [-0.2, 0) is 11.3 Å². The number of anilines is 1. The van der Waals surface area contributed by atoms with Crippen molar-refractivity contribution in [1.29, 1.82) is 5.26 Å². The first kappa shape index (κ1) is 30.6. The molecule has 3 fully saturated rings. The predicted octanol–water partition coefficient (Wildman–Crippen LogP) is 3.87. The number of amides is 2. The number of ether oxygens (including phenoxy) is 2. The molecule has 3 aliphatic heterocycles. The van der Waals surface area contributed by atoms with E-state index in [-0.39, 0.29) is 24.0 Å². The van der Waals surface area contributed by atoms with Crippen LogP contribution in [0.1, 0.15) is 57.7 Å². The lowest BCUT2D eigenvalue weighted by Crippen LogP contribution is -2.44. The van der Waals surface area contributed by atoms with Gasteiger partial charge in [-0.25, -0.2) is 0 Å². The summed E-state index contributed by atoms with van der Waals surface area (Å²) in [5.41, 5.74) is 3.95.